The Balaban J connectivity index is 2.79. The zero-order valence-electron chi connectivity index (χ0n) is 9.53. The average molecular weight is 283 g/mol. The number of anilines is 1. The molecule has 0 fully saturated rings. The summed E-state index contributed by atoms with van der Waals surface area (Å²) in [4.78, 5) is 2.03. The van der Waals surface area contributed by atoms with E-state index in [4.69, 9.17) is 10.00 Å². The number of likely N-dealkylation sites (N-methyl/N-ethyl adjacent to an activating group) is 1. The van der Waals surface area contributed by atoms with Gasteiger partial charge in [-0.25, -0.2) is 0 Å². The van der Waals surface area contributed by atoms with Crippen LogP contribution in [0.15, 0.2) is 22.7 Å². The fourth-order valence-electron chi connectivity index (χ4n) is 1.41. The first-order valence-corrected chi connectivity index (χ1v) is 5.97. The molecule has 0 aliphatic carbocycles. The lowest BCUT2D eigenvalue weighted by Gasteiger charge is -2.20. The Bertz CT molecular complexity index is 387. The van der Waals surface area contributed by atoms with E-state index in [0.29, 0.717) is 12.2 Å². The Kier molecular flexibility index (Phi) is 5.30. The Morgan fingerprint density at radius 2 is 2.25 bits per heavy atom. The quantitative estimate of drug-likeness (QED) is 0.780. The van der Waals surface area contributed by atoms with Crippen molar-refractivity contribution in [1.82, 2.24) is 0 Å². The van der Waals surface area contributed by atoms with Gasteiger partial charge in [0.05, 0.1) is 17.9 Å². The maximum Gasteiger partial charge on any atom is 0.103 e. The molecule has 0 unspecified atom stereocenters. The van der Waals surface area contributed by atoms with Crippen molar-refractivity contribution < 1.29 is 4.74 Å². The van der Waals surface area contributed by atoms with Crippen molar-refractivity contribution in [2.45, 2.75) is 6.92 Å². The maximum atomic E-state index is 9.08. The molecular weight excluding hydrogens is 268 g/mol. The fraction of sp³-hybridized carbons (Fsp3) is 0.417. The van der Waals surface area contributed by atoms with Gasteiger partial charge in [0.2, 0.25) is 0 Å². The normalized spacial score (nSPS) is 9.88. The molecule has 0 radical (unpaired) electrons. The van der Waals surface area contributed by atoms with Crippen molar-refractivity contribution in [2.75, 3.05) is 31.7 Å². The van der Waals surface area contributed by atoms with Gasteiger partial charge in [0.1, 0.15) is 6.07 Å². The molecule has 0 heterocycles. The van der Waals surface area contributed by atoms with Crippen molar-refractivity contribution >= 4 is 21.6 Å². The van der Waals surface area contributed by atoms with Crippen molar-refractivity contribution in [1.29, 1.82) is 5.26 Å². The molecule has 0 saturated carbocycles. The number of benzene rings is 1. The molecule has 4 heteroatoms. The largest absolute Gasteiger partial charge is 0.380 e. The van der Waals surface area contributed by atoms with Crippen LogP contribution >= 0.6 is 15.9 Å². The predicted octanol–water partition coefficient (Wildman–Crippen LogP) is 2.79. The SMILES string of the molecule is CCOCCN(C)c1cccc(Br)c1C#N. The summed E-state index contributed by atoms with van der Waals surface area (Å²) in [6.45, 7) is 4.14. The maximum absolute atomic E-state index is 9.08. The Morgan fingerprint density at radius 1 is 1.50 bits per heavy atom. The summed E-state index contributed by atoms with van der Waals surface area (Å²) in [6.07, 6.45) is 0. The second kappa shape index (κ2) is 6.51. The summed E-state index contributed by atoms with van der Waals surface area (Å²) in [5.74, 6) is 0. The average Bonchev–Trinajstić information content (AvgIpc) is 2.29. The molecule has 0 saturated heterocycles. The number of ether oxygens (including phenoxy) is 1. The van der Waals surface area contributed by atoms with Gasteiger partial charge >= 0.3 is 0 Å². The molecule has 0 amide bonds. The van der Waals surface area contributed by atoms with Gasteiger partial charge in [-0.05, 0) is 35.0 Å². The molecule has 0 N–H and O–H groups in total. The smallest absolute Gasteiger partial charge is 0.103 e. The Morgan fingerprint density at radius 3 is 2.88 bits per heavy atom. The van der Waals surface area contributed by atoms with Crippen LogP contribution in [0.4, 0.5) is 5.69 Å². The van der Waals surface area contributed by atoms with Crippen molar-refractivity contribution in [3.63, 3.8) is 0 Å². The molecule has 0 aromatic heterocycles. The summed E-state index contributed by atoms with van der Waals surface area (Å²) < 4.78 is 6.12. The van der Waals surface area contributed by atoms with Crippen LogP contribution < -0.4 is 4.90 Å². The number of hydrogen-bond donors (Lipinski definition) is 0. The topological polar surface area (TPSA) is 36.3 Å². The highest BCUT2D eigenvalue weighted by Gasteiger charge is 2.09. The van der Waals surface area contributed by atoms with E-state index in [-0.39, 0.29) is 0 Å². The van der Waals surface area contributed by atoms with Crippen molar-refractivity contribution in [2.24, 2.45) is 0 Å². The van der Waals surface area contributed by atoms with Crippen LogP contribution in [0.1, 0.15) is 12.5 Å². The number of rotatable bonds is 5. The highest BCUT2D eigenvalue weighted by molar-refractivity contribution is 9.10. The fourth-order valence-corrected chi connectivity index (χ4v) is 1.85. The third-order valence-electron chi connectivity index (χ3n) is 2.29. The number of halogens is 1. The summed E-state index contributed by atoms with van der Waals surface area (Å²) in [6, 6.07) is 7.95. The van der Waals surface area contributed by atoms with Gasteiger partial charge in [-0.3, -0.25) is 0 Å². The summed E-state index contributed by atoms with van der Waals surface area (Å²) >= 11 is 3.38. The molecule has 1 aromatic rings. The van der Waals surface area contributed by atoms with E-state index >= 15 is 0 Å². The zero-order chi connectivity index (χ0) is 12.0. The molecule has 16 heavy (non-hydrogen) atoms. The zero-order valence-corrected chi connectivity index (χ0v) is 11.1. The third kappa shape index (κ3) is 3.22. The second-order valence-corrected chi connectivity index (χ2v) is 4.22. The van der Waals surface area contributed by atoms with E-state index < -0.39 is 0 Å². The minimum absolute atomic E-state index is 0.668. The molecule has 0 atom stereocenters. The monoisotopic (exact) mass is 282 g/mol. The molecule has 1 rings (SSSR count). The van der Waals surface area contributed by atoms with E-state index in [1.165, 1.54) is 0 Å². The van der Waals surface area contributed by atoms with E-state index in [1.54, 1.807) is 0 Å². The van der Waals surface area contributed by atoms with Gasteiger partial charge < -0.3 is 9.64 Å². The standard InChI is InChI=1S/C12H15BrN2O/c1-3-16-8-7-15(2)12-6-4-5-11(13)10(12)9-14/h4-6H,3,7-8H2,1-2H3. The van der Waals surface area contributed by atoms with E-state index in [9.17, 15) is 0 Å². The molecule has 3 nitrogen and oxygen atoms in total. The third-order valence-corrected chi connectivity index (χ3v) is 2.95. The van der Waals surface area contributed by atoms with Crippen molar-refractivity contribution in [3.8, 4) is 6.07 Å². The molecule has 0 aliphatic heterocycles. The van der Waals surface area contributed by atoms with Crippen LogP contribution in [0, 0.1) is 11.3 Å². The highest BCUT2D eigenvalue weighted by Crippen LogP contribution is 2.26. The number of nitriles is 1. The van der Waals surface area contributed by atoms with Gasteiger partial charge in [-0.1, -0.05) is 6.07 Å². The van der Waals surface area contributed by atoms with E-state index in [1.807, 2.05) is 37.1 Å². The van der Waals surface area contributed by atoms with Crippen LogP contribution in [0.5, 0.6) is 0 Å². The van der Waals surface area contributed by atoms with Gasteiger partial charge in [0.25, 0.3) is 0 Å². The minimum atomic E-state index is 0.668. The number of hydrogen-bond acceptors (Lipinski definition) is 3. The molecular formula is C12H15BrN2O. The van der Waals surface area contributed by atoms with E-state index in [2.05, 4.69) is 22.0 Å². The van der Waals surface area contributed by atoms with Crippen LogP contribution in [-0.2, 0) is 4.74 Å². The van der Waals surface area contributed by atoms with Crippen LogP contribution in [0.2, 0.25) is 0 Å². The van der Waals surface area contributed by atoms with Crippen LogP contribution in [0.25, 0.3) is 0 Å². The molecule has 0 spiro atoms. The lowest BCUT2D eigenvalue weighted by molar-refractivity contribution is 0.154. The van der Waals surface area contributed by atoms with Gasteiger partial charge in [-0.15, -0.1) is 0 Å². The summed E-state index contributed by atoms with van der Waals surface area (Å²) in [7, 11) is 1.96. The van der Waals surface area contributed by atoms with Crippen LogP contribution in [0.3, 0.4) is 0 Å². The van der Waals surface area contributed by atoms with Crippen molar-refractivity contribution in [3.05, 3.63) is 28.2 Å². The first-order valence-electron chi connectivity index (χ1n) is 5.18. The molecule has 1 aromatic carbocycles. The van der Waals surface area contributed by atoms with Gasteiger partial charge in [0.15, 0.2) is 0 Å². The summed E-state index contributed by atoms with van der Waals surface area (Å²) in [5.41, 5.74) is 1.60. The second-order valence-electron chi connectivity index (χ2n) is 3.36. The van der Waals surface area contributed by atoms with Crippen LogP contribution in [-0.4, -0.2) is 26.8 Å². The first kappa shape index (κ1) is 13.0. The highest BCUT2D eigenvalue weighted by atomic mass is 79.9. The Labute approximate surface area is 105 Å². The van der Waals surface area contributed by atoms with E-state index in [0.717, 1.165) is 23.3 Å². The molecule has 86 valence electrons. The first-order chi connectivity index (χ1) is 7.70. The van der Waals surface area contributed by atoms with Gasteiger partial charge in [-0.2, -0.15) is 5.26 Å². The predicted molar refractivity (Wildman–Crippen MR) is 68.6 cm³/mol. The lowest BCUT2D eigenvalue weighted by atomic mass is 10.2. The lowest BCUT2D eigenvalue weighted by Crippen LogP contribution is -2.23. The number of nitrogens with zero attached hydrogens (tertiary/aromatic N) is 2. The summed E-state index contributed by atoms with van der Waals surface area (Å²) in [5, 5.41) is 9.08. The molecule has 0 aliphatic rings. The molecule has 0 bridgehead atoms. The minimum Gasteiger partial charge on any atom is -0.380 e. The van der Waals surface area contributed by atoms with Gasteiger partial charge in [0, 0.05) is 24.7 Å². The Hall–Kier alpha value is -1.05.